The van der Waals surface area contributed by atoms with Crippen LogP contribution in [0.15, 0.2) is 71.1 Å². The van der Waals surface area contributed by atoms with Crippen LogP contribution in [0.2, 0.25) is 10.0 Å². The Bertz CT molecular complexity index is 1180. The molecule has 6 heteroatoms. The van der Waals surface area contributed by atoms with Crippen molar-refractivity contribution >= 4 is 45.6 Å². The number of methoxy groups -OCH3 is 1. The first kappa shape index (κ1) is 19.4. The molecule has 0 fully saturated rings. The molecule has 0 bridgehead atoms. The molecular weight excluding hydrogens is 409 g/mol. The Morgan fingerprint density at radius 2 is 1.79 bits per heavy atom. The van der Waals surface area contributed by atoms with Crippen molar-refractivity contribution in [3.63, 3.8) is 0 Å². The van der Waals surface area contributed by atoms with Crippen LogP contribution in [0.1, 0.15) is 21.7 Å². The monoisotopic (exact) mass is 425 g/mol. The molecule has 29 heavy (non-hydrogen) atoms. The minimum Gasteiger partial charge on any atom is -0.495 e. The van der Waals surface area contributed by atoms with Crippen molar-refractivity contribution in [3.8, 4) is 5.75 Å². The fourth-order valence-electron chi connectivity index (χ4n) is 3.11. The zero-order valence-corrected chi connectivity index (χ0v) is 17.1. The number of rotatable bonds is 6. The SMILES string of the molecule is COc1ccc(C(=O)c2oc3ccccc3c2NCc2ccc(Cl)cc2)cc1Cl. The van der Waals surface area contributed by atoms with Crippen molar-refractivity contribution in [3.05, 3.63) is 93.7 Å². The fraction of sp³-hybridized carbons (Fsp3) is 0.0870. The van der Waals surface area contributed by atoms with Gasteiger partial charge in [-0.05, 0) is 48.0 Å². The van der Waals surface area contributed by atoms with Crippen molar-refractivity contribution in [1.29, 1.82) is 0 Å². The van der Waals surface area contributed by atoms with E-state index in [0.717, 1.165) is 10.9 Å². The largest absolute Gasteiger partial charge is 0.495 e. The zero-order valence-electron chi connectivity index (χ0n) is 15.5. The van der Waals surface area contributed by atoms with E-state index in [1.54, 1.807) is 18.2 Å². The number of benzene rings is 3. The highest BCUT2D eigenvalue weighted by molar-refractivity contribution is 6.32. The van der Waals surface area contributed by atoms with Gasteiger partial charge in [0.1, 0.15) is 11.3 Å². The summed E-state index contributed by atoms with van der Waals surface area (Å²) in [6.45, 7) is 0.518. The van der Waals surface area contributed by atoms with Gasteiger partial charge in [-0.2, -0.15) is 0 Å². The second-order valence-corrected chi connectivity index (χ2v) is 7.30. The minimum absolute atomic E-state index is 0.237. The van der Waals surface area contributed by atoms with E-state index in [1.165, 1.54) is 7.11 Å². The van der Waals surface area contributed by atoms with Gasteiger partial charge in [0, 0.05) is 22.5 Å². The molecule has 0 aliphatic rings. The Labute approximate surface area is 178 Å². The van der Waals surface area contributed by atoms with E-state index in [0.29, 0.717) is 39.2 Å². The molecule has 1 aromatic heterocycles. The third-order valence-corrected chi connectivity index (χ3v) is 5.15. The molecule has 4 rings (SSSR count). The van der Waals surface area contributed by atoms with Crippen LogP contribution in [0.3, 0.4) is 0 Å². The van der Waals surface area contributed by atoms with Crippen LogP contribution in [0.5, 0.6) is 5.75 Å². The highest BCUT2D eigenvalue weighted by atomic mass is 35.5. The molecule has 4 nitrogen and oxygen atoms in total. The van der Waals surface area contributed by atoms with Gasteiger partial charge >= 0.3 is 0 Å². The van der Waals surface area contributed by atoms with Gasteiger partial charge in [-0.3, -0.25) is 4.79 Å². The number of nitrogens with one attached hydrogen (secondary N) is 1. The van der Waals surface area contributed by atoms with Crippen LogP contribution >= 0.6 is 23.2 Å². The van der Waals surface area contributed by atoms with Crippen molar-refractivity contribution < 1.29 is 13.9 Å². The summed E-state index contributed by atoms with van der Waals surface area (Å²) in [4.78, 5) is 13.2. The number of hydrogen-bond acceptors (Lipinski definition) is 4. The number of fused-ring (bicyclic) bond motifs is 1. The van der Waals surface area contributed by atoms with Crippen molar-refractivity contribution in [1.82, 2.24) is 0 Å². The van der Waals surface area contributed by atoms with E-state index in [2.05, 4.69) is 5.32 Å². The highest BCUT2D eigenvalue weighted by Gasteiger charge is 2.22. The maximum Gasteiger partial charge on any atom is 0.230 e. The lowest BCUT2D eigenvalue weighted by Gasteiger charge is -2.08. The van der Waals surface area contributed by atoms with Gasteiger partial charge in [-0.15, -0.1) is 0 Å². The summed E-state index contributed by atoms with van der Waals surface area (Å²) in [6.07, 6.45) is 0. The van der Waals surface area contributed by atoms with Crippen LogP contribution in [0.4, 0.5) is 5.69 Å². The maximum atomic E-state index is 13.2. The van der Waals surface area contributed by atoms with Gasteiger partial charge in [-0.1, -0.05) is 47.5 Å². The number of anilines is 1. The van der Waals surface area contributed by atoms with E-state index >= 15 is 0 Å². The van der Waals surface area contributed by atoms with Gasteiger partial charge in [0.2, 0.25) is 5.78 Å². The predicted molar refractivity (Wildman–Crippen MR) is 116 cm³/mol. The first-order valence-electron chi connectivity index (χ1n) is 8.95. The van der Waals surface area contributed by atoms with Crippen molar-refractivity contribution in [2.45, 2.75) is 6.54 Å². The van der Waals surface area contributed by atoms with E-state index in [1.807, 2.05) is 48.5 Å². The predicted octanol–water partition coefficient (Wildman–Crippen LogP) is 6.59. The summed E-state index contributed by atoms with van der Waals surface area (Å²) in [6, 6.07) is 20.0. The first-order valence-corrected chi connectivity index (χ1v) is 9.70. The number of hydrogen-bond donors (Lipinski definition) is 1. The van der Waals surface area contributed by atoms with E-state index in [4.69, 9.17) is 32.4 Å². The number of ether oxygens (including phenoxy) is 1. The molecule has 0 amide bonds. The van der Waals surface area contributed by atoms with E-state index in [9.17, 15) is 4.79 Å². The van der Waals surface area contributed by atoms with Gasteiger partial charge in [0.05, 0.1) is 17.8 Å². The lowest BCUT2D eigenvalue weighted by Crippen LogP contribution is -2.06. The van der Waals surface area contributed by atoms with Gasteiger partial charge in [-0.25, -0.2) is 0 Å². The Balaban J connectivity index is 1.71. The molecule has 0 atom stereocenters. The average molecular weight is 426 g/mol. The number of para-hydroxylation sites is 1. The third kappa shape index (κ3) is 3.95. The Morgan fingerprint density at radius 1 is 1.03 bits per heavy atom. The molecule has 0 radical (unpaired) electrons. The van der Waals surface area contributed by atoms with Crippen molar-refractivity contribution in [2.75, 3.05) is 12.4 Å². The summed E-state index contributed by atoms with van der Waals surface area (Å²) in [5, 5.41) is 5.22. The molecule has 0 saturated heterocycles. The molecule has 0 spiro atoms. The Kier molecular flexibility index (Phi) is 5.47. The molecule has 0 unspecified atom stereocenters. The molecule has 1 N–H and O–H groups in total. The third-order valence-electron chi connectivity index (χ3n) is 4.60. The quantitative estimate of drug-likeness (QED) is 0.354. The van der Waals surface area contributed by atoms with E-state index < -0.39 is 0 Å². The van der Waals surface area contributed by atoms with Crippen LogP contribution in [-0.2, 0) is 6.54 Å². The maximum absolute atomic E-state index is 13.2. The average Bonchev–Trinajstić information content (AvgIpc) is 3.11. The zero-order chi connectivity index (χ0) is 20.4. The second-order valence-electron chi connectivity index (χ2n) is 6.46. The molecule has 1 heterocycles. The second kappa shape index (κ2) is 8.19. The summed E-state index contributed by atoms with van der Waals surface area (Å²) < 4.78 is 11.1. The lowest BCUT2D eigenvalue weighted by atomic mass is 10.1. The van der Waals surface area contributed by atoms with Crippen LogP contribution < -0.4 is 10.1 Å². The Hall–Kier alpha value is -2.95. The van der Waals surface area contributed by atoms with Gasteiger partial charge < -0.3 is 14.5 Å². The number of carbonyl (C=O) groups is 1. The van der Waals surface area contributed by atoms with Gasteiger partial charge in [0.25, 0.3) is 0 Å². The van der Waals surface area contributed by atoms with Crippen molar-refractivity contribution in [2.24, 2.45) is 0 Å². The summed E-state index contributed by atoms with van der Waals surface area (Å²) >= 11 is 12.2. The number of ketones is 1. The topological polar surface area (TPSA) is 51.5 Å². The van der Waals surface area contributed by atoms with Crippen LogP contribution in [0, 0.1) is 0 Å². The minimum atomic E-state index is -0.260. The number of halogens is 2. The number of carbonyl (C=O) groups excluding carboxylic acids is 1. The highest BCUT2D eigenvalue weighted by Crippen LogP contribution is 2.34. The molecule has 146 valence electrons. The van der Waals surface area contributed by atoms with Crippen LogP contribution in [0.25, 0.3) is 11.0 Å². The van der Waals surface area contributed by atoms with E-state index in [-0.39, 0.29) is 11.5 Å². The summed E-state index contributed by atoms with van der Waals surface area (Å²) in [7, 11) is 1.53. The smallest absolute Gasteiger partial charge is 0.230 e. The molecular formula is C23H17Cl2NO3. The van der Waals surface area contributed by atoms with Crippen LogP contribution in [-0.4, -0.2) is 12.9 Å². The molecule has 4 aromatic rings. The first-order chi connectivity index (χ1) is 14.1. The fourth-order valence-corrected chi connectivity index (χ4v) is 3.50. The molecule has 0 aliphatic carbocycles. The standard InChI is InChI=1S/C23H17Cl2NO3/c1-28-20-11-8-15(12-18(20)25)22(27)23-21(17-4-2-3-5-19(17)29-23)26-13-14-6-9-16(24)10-7-14/h2-12,26H,13H2,1H3. The summed E-state index contributed by atoms with van der Waals surface area (Å²) in [5.41, 5.74) is 2.73. The molecule has 0 aliphatic heterocycles. The summed E-state index contributed by atoms with van der Waals surface area (Å²) in [5.74, 6) is 0.486. The Morgan fingerprint density at radius 3 is 2.52 bits per heavy atom. The normalized spacial score (nSPS) is 10.9. The molecule has 3 aromatic carbocycles. The lowest BCUT2D eigenvalue weighted by molar-refractivity contribution is 0.101. The number of furan rings is 1. The molecule has 0 saturated carbocycles. The van der Waals surface area contributed by atoms with Gasteiger partial charge in [0.15, 0.2) is 5.76 Å².